The van der Waals surface area contributed by atoms with Crippen LogP contribution in [-0.2, 0) is 0 Å². The zero-order chi connectivity index (χ0) is 8.55. The van der Waals surface area contributed by atoms with Crippen LogP contribution in [0.1, 0.15) is 5.56 Å². The van der Waals surface area contributed by atoms with E-state index in [1.54, 1.807) is 19.6 Å². The summed E-state index contributed by atoms with van der Waals surface area (Å²) in [6.45, 7) is 2.02. The third-order valence-corrected chi connectivity index (χ3v) is 1.95. The molecule has 0 saturated carbocycles. The summed E-state index contributed by atoms with van der Waals surface area (Å²) in [6.07, 6.45) is 5.53. The van der Waals surface area contributed by atoms with Gasteiger partial charge in [-0.05, 0) is 18.6 Å². The van der Waals surface area contributed by atoms with E-state index in [4.69, 9.17) is 4.74 Å². The molecule has 62 valence electrons. The number of aromatic nitrogens is 2. The van der Waals surface area contributed by atoms with Crippen molar-refractivity contribution in [2.45, 2.75) is 6.92 Å². The number of imidazole rings is 1. The maximum atomic E-state index is 5.26. The summed E-state index contributed by atoms with van der Waals surface area (Å²) in [5, 5.41) is 0. The van der Waals surface area contributed by atoms with Gasteiger partial charge < -0.3 is 9.14 Å². The van der Waals surface area contributed by atoms with Crippen molar-refractivity contribution in [3.05, 3.63) is 30.4 Å². The molecule has 0 radical (unpaired) electrons. The third-order valence-electron chi connectivity index (χ3n) is 1.95. The minimum Gasteiger partial charge on any atom is -0.494 e. The normalized spacial score (nSPS) is 10.5. The number of pyridine rings is 1. The molecule has 0 N–H and O–H groups in total. The highest BCUT2D eigenvalue weighted by atomic mass is 16.5. The minimum absolute atomic E-state index is 0.898. The Balaban J connectivity index is 2.83. The highest BCUT2D eigenvalue weighted by Gasteiger charge is 2.03. The fourth-order valence-electron chi connectivity index (χ4n) is 1.33. The number of fused-ring (bicyclic) bond motifs is 1. The molecule has 0 aromatic carbocycles. The molecule has 2 aromatic heterocycles. The molecule has 0 unspecified atom stereocenters. The standard InChI is InChI=1S/C9H10N2O/c1-7-3-4-11-6-10-5-8(11)9(7)12-2/h3-6H,1-2H3. The van der Waals surface area contributed by atoms with Crippen molar-refractivity contribution in [3.8, 4) is 5.75 Å². The minimum atomic E-state index is 0.898. The summed E-state index contributed by atoms with van der Waals surface area (Å²) in [7, 11) is 1.68. The molecule has 2 heterocycles. The largest absolute Gasteiger partial charge is 0.494 e. The first-order valence-corrected chi connectivity index (χ1v) is 3.78. The molecule has 3 nitrogen and oxygen atoms in total. The fraction of sp³-hybridized carbons (Fsp3) is 0.222. The molecule has 0 aliphatic heterocycles. The molecule has 0 atom stereocenters. The first kappa shape index (κ1) is 7.16. The van der Waals surface area contributed by atoms with Crippen LogP contribution in [0.25, 0.3) is 5.52 Å². The number of rotatable bonds is 1. The van der Waals surface area contributed by atoms with Crippen LogP contribution in [-0.4, -0.2) is 16.5 Å². The number of aryl methyl sites for hydroxylation is 1. The molecule has 0 bridgehead atoms. The molecule has 2 rings (SSSR count). The van der Waals surface area contributed by atoms with Crippen molar-refractivity contribution in [2.24, 2.45) is 0 Å². The van der Waals surface area contributed by atoms with Crippen molar-refractivity contribution < 1.29 is 4.74 Å². The Labute approximate surface area is 70.6 Å². The van der Waals surface area contributed by atoms with Gasteiger partial charge in [-0.25, -0.2) is 4.98 Å². The van der Waals surface area contributed by atoms with Crippen molar-refractivity contribution in [1.82, 2.24) is 9.38 Å². The predicted molar refractivity (Wildman–Crippen MR) is 46.5 cm³/mol. The quantitative estimate of drug-likeness (QED) is 0.637. The van der Waals surface area contributed by atoms with Gasteiger partial charge in [0.2, 0.25) is 0 Å². The Morgan fingerprint density at radius 2 is 2.33 bits per heavy atom. The predicted octanol–water partition coefficient (Wildman–Crippen LogP) is 1.65. The first-order chi connectivity index (χ1) is 5.83. The lowest BCUT2D eigenvalue weighted by Crippen LogP contribution is -1.91. The molecular weight excluding hydrogens is 152 g/mol. The Morgan fingerprint density at radius 1 is 1.50 bits per heavy atom. The Morgan fingerprint density at radius 3 is 3.08 bits per heavy atom. The van der Waals surface area contributed by atoms with E-state index in [0.717, 1.165) is 16.8 Å². The van der Waals surface area contributed by atoms with Crippen molar-refractivity contribution >= 4 is 5.52 Å². The summed E-state index contributed by atoms with van der Waals surface area (Å²) in [6, 6.07) is 2.01. The molecule has 0 saturated heterocycles. The maximum absolute atomic E-state index is 5.26. The molecule has 0 aliphatic carbocycles. The lowest BCUT2D eigenvalue weighted by Gasteiger charge is -2.05. The van der Waals surface area contributed by atoms with Gasteiger partial charge in [-0.2, -0.15) is 0 Å². The van der Waals surface area contributed by atoms with Crippen LogP contribution < -0.4 is 4.74 Å². The van der Waals surface area contributed by atoms with Gasteiger partial charge in [0.1, 0.15) is 11.3 Å². The Kier molecular flexibility index (Phi) is 1.50. The molecule has 0 spiro atoms. The van der Waals surface area contributed by atoms with Gasteiger partial charge in [0, 0.05) is 6.20 Å². The summed E-state index contributed by atoms with van der Waals surface area (Å²) in [5.74, 6) is 0.898. The maximum Gasteiger partial charge on any atom is 0.147 e. The second kappa shape index (κ2) is 2.52. The van der Waals surface area contributed by atoms with E-state index in [2.05, 4.69) is 4.98 Å². The van der Waals surface area contributed by atoms with Crippen LogP contribution in [0.2, 0.25) is 0 Å². The second-order valence-corrected chi connectivity index (χ2v) is 2.72. The number of hydrogen-bond acceptors (Lipinski definition) is 2. The number of methoxy groups -OCH3 is 1. The Bertz CT molecular complexity index is 406. The molecule has 0 fully saturated rings. The zero-order valence-corrected chi connectivity index (χ0v) is 7.11. The fourth-order valence-corrected chi connectivity index (χ4v) is 1.33. The molecule has 2 aromatic rings. The van der Waals surface area contributed by atoms with Crippen LogP contribution >= 0.6 is 0 Å². The van der Waals surface area contributed by atoms with Crippen molar-refractivity contribution in [2.75, 3.05) is 7.11 Å². The lowest BCUT2D eigenvalue weighted by molar-refractivity contribution is 0.415. The summed E-state index contributed by atoms with van der Waals surface area (Å²) >= 11 is 0. The number of ether oxygens (including phenoxy) is 1. The monoisotopic (exact) mass is 162 g/mol. The van der Waals surface area contributed by atoms with E-state index in [1.807, 2.05) is 23.6 Å². The van der Waals surface area contributed by atoms with Crippen LogP contribution in [0.4, 0.5) is 0 Å². The van der Waals surface area contributed by atoms with Gasteiger partial charge in [-0.3, -0.25) is 0 Å². The summed E-state index contributed by atoms with van der Waals surface area (Å²) in [4.78, 5) is 4.03. The first-order valence-electron chi connectivity index (χ1n) is 3.78. The van der Waals surface area contributed by atoms with E-state index in [-0.39, 0.29) is 0 Å². The van der Waals surface area contributed by atoms with Gasteiger partial charge in [-0.15, -0.1) is 0 Å². The van der Waals surface area contributed by atoms with Crippen molar-refractivity contribution in [1.29, 1.82) is 0 Å². The lowest BCUT2D eigenvalue weighted by atomic mass is 10.2. The van der Waals surface area contributed by atoms with E-state index in [9.17, 15) is 0 Å². The molecule has 3 heteroatoms. The highest BCUT2D eigenvalue weighted by molar-refractivity contribution is 5.61. The van der Waals surface area contributed by atoms with Crippen LogP contribution in [0.3, 0.4) is 0 Å². The van der Waals surface area contributed by atoms with E-state index >= 15 is 0 Å². The molecule has 0 amide bonds. The molecular formula is C9H10N2O. The highest BCUT2D eigenvalue weighted by Crippen LogP contribution is 2.22. The zero-order valence-electron chi connectivity index (χ0n) is 7.11. The van der Waals surface area contributed by atoms with Crippen molar-refractivity contribution in [3.63, 3.8) is 0 Å². The van der Waals surface area contributed by atoms with E-state index < -0.39 is 0 Å². The van der Waals surface area contributed by atoms with Gasteiger partial charge in [-0.1, -0.05) is 0 Å². The summed E-state index contributed by atoms with van der Waals surface area (Å²) < 4.78 is 7.19. The smallest absolute Gasteiger partial charge is 0.147 e. The van der Waals surface area contributed by atoms with E-state index in [0.29, 0.717) is 0 Å². The van der Waals surface area contributed by atoms with Gasteiger partial charge in [0.05, 0.1) is 19.6 Å². The van der Waals surface area contributed by atoms with Gasteiger partial charge in [0.25, 0.3) is 0 Å². The van der Waals surface area contributed by atoms with Crippen LogP contribution in [0, 0.1) is 6.92 Å². The third kappa shape index (κ3) is 0.863. The average molecular weight is 162 g/mol. The number of nitrogens with zero attached hydrogens (tertiary/aromatic N) is 2. The SMILES string of the molecule is COc1c(C)ccn2cncc12. The van der Waals surface area contributed by atoms with Gasteiger partial charge >= 0.3 is 0 Å². The molecule has 0 aliphatic rings. The van der Waals surface area contributed by atoms with Gasteiger partial charge in [0.15, 0.2) is 0 Å². The van der Waals surface area contributed by atoms with E-state index in [1.165, 1.54) is 0 Å². The average Bonchev–Trinajstić information content (AvgIpc) is 2.52. The Hall–Kier alpha value is -1.51. The summed E-state index contributed by atoms with van der Waals surface area (Å²) in [5.41, 5.74) is 2.14. The topological polar surface area (TPSA) is 26.5 Å². The van der Waals surface area contributed by atoms with Crippen LogP contribution in [0.5, 0.6) is 5.75 Å². The second-order valence-electron chi connectivity index (χ2n) is 2.72. The number of hydrogen-bond donors (Lipinski definition) is 0. The molecule has 12 heavy (non-hydrogen) atoms. The van der Waals surface area contributed by atoms with Crippen LogP contribution in [0.15, 0.2) is 24.8 Å².